The first-order valence-corrected chi connectivity index (χ1v) is 4.44. The SMILES string of the molecule is CCOC(=O)c1cccc(NC)c1N. The molecule has 0 saturated carbocycles. The number of carbonyl (C=O) groups excluding carboxylic acids is 1. The summed E-state index contributed by atoms with van der Waals surface area (Å²) in [4.78, 5) is 11.4. The minimum atomic E-state index is -0.387. The van der Waals surface area contributed by atoms with Gasteiger partial charge in [-0.15, -0.1) is 0 Å². The number of hydrogen-bond donors (Lipinski definition) is 2. The number of nitrogens with two attached hydrogens (primary N) is 1. The van der Waals surface area contributed by atoms with Gasteiger partial charge in [-0.25, -0.2) is 4.79 Å². The first-order valence-electron chi connectivity index (χ1n) is 4.44. The lowest BCUT2D eigenvalue weighted by atomic mass is 10.1. The van der Waals surface area contributed by atoms with E-state index in [1.807, 2.05) is 0 Å². The van der Waals surface area contributed by atoms with Gasteiger partial charge in [-0.2, -0.15) is 0 Å². The van der Waals surface area contributed by atoms with Gasteiger partial charge in [0.05, 0.1) is 23.5 Å². The van der Waals surface area contributed by atoms with Crippen molar-refractivity contribution in [3.05, 3.63) is 23.8 Å². The van der Waals surface area contributed by atoms with E-state index in [2.05, 4.69) is 5.32 Å². The van der Waals surface area contributed by atoms with Crippen LogP contribution in [-0.2, 0) is 4.74 Å². The summed E-state index contributed by atoms with van der Waals surface area (Å²) in [5, 5.41) is 2.90. The third-order valence-corrected chi connectivity index (χ3v) is 1.87. The Bertz CT molecular complexity index is 337. The maximum atomic E-state index is 11.4. The zero-order chi connectivity index (χ0) is 10.6. The fourth-order valence-corrected chi connectivity index (χ4v) is 1.17. The highest BCUT2D eigenvalue weighted by Crippen LogP contribution is 2.22. The van der Waals surface area contributed by atoms with Gasteiger partial charge in [0.1, 0.15) is 0 Å². The first-order chi connectivity index (χ1) is 6.70. The molecule has 0 spiro atoms. The van der Waals surface area contributed by atoms with Crippen LogP contribution in [0.25, 0.3) is 0 Å². The molecule has 0 fully saturated rings. The highest BCUT2D eigenvalue weighted by atomic mass is 16.5. The molecular weight excluding hydrogens is 180 g/mol. The molecule has 4 heteroatoms. The molecule has 0 radical (unpaired) electrons. The summed E-state index contributed by atoms with van der Waals surface area (Å²) in [5.41, 5.74) is 7.32. The molecule has 14 heavy (non-hydrogen) atoms. The fraction of sp³-hybridized carbons (Fsp3) is 0.300. The topological polar surface area (TPSA) is 64.3 Å². The highest BCUT2D eigenvalue weighted by Gasteiger charge is 2.12. The fourth-order valence-electron chi connectivity index (χ4n) is 1.17. The van der Waals surface area contributed by atoms with Crippen LogP contribution in [0.15, 0.2) is 18.2 Å². The van der Waals surface area contributed by atoms with Gasteiger partial charge in [0.15, 0.2) is 0 Å². The molecule has 1 aromatic carbocycles. The molecule has 76 valence electrons. The van der Waals surface area contributed by atoms with E-state index in [1.165, 1.54) is 0 Å². The van der Waals surface area contributed by atoms with E-state index < -0.39 is 0 Å². The van der Waals surface area contributed by atoms with Crippen molar-refractivity contribution in [3.8, 4) is 0 Å². The second-order valence-electron chi connectivity index (χ2n) is 2.74. The van der Waals surface area contributed by atoms with Gasteiger partial charge in [-0.1, -0.05) is 6.07 Å². The Labute approximate surface area is 83.1 Å². The van der Waals surface area contributed by atoms with Crippen LogP contribution in [0.5, 0.6) is 0 Å². The lowest BCUT2D eigenvalue weighted by Gasteiger charge is -2.09. The second-order valence-corrected chi connectivity index (χ2v) is 2.74. The molecule has 0 aliphatic heterocycles. The standard InChI is InChI=1S/C10H14N2O2/c1-3-14-10(13)7-5-4-6-8(12-2)9(7)11/h4-6,12H,3,11H2,1-2H3. The lowest BCUT2D eigenvalue weighted by molar-refractivity contribution is 0.0527. The Morgan fingerprint density at radius 2 is 2.29 bits per heavy atom. The maximum Gasteiger partial charge on any atom is 0.340 e. The Morgan fingerprint density at radius 3 is 2.86 bits per heavy atom. The van der Waals surface area contributed by atoms with Crippen molar-refractivity contribution in [2.75, 3.05) is 24.7 Å². The number of esters is 1. The molecule has 0 aliphatic rings. The zero-order valence-electron chi connectivity index (χ0n) is 8.33. The Hall–Kier alpha value is -1.71. The average molecular weight is 194 g/mol. The molecule has 4 nitrogen and oxygen atoms in total. The molecule has 3 N–H and O–H groups in total. The van der Waals surface area contributed by atoms with E-state index >= 15 is 0 Å². The molecule has 0 unspecified atom stereocenters. The molecule has 0 amide bonds. The van der Waals surface area contributed by atoms with Gasteiger partial charge in [0.25, 0.3) is 0 Å². The summed E-state index contributed by atoms with van der Waals surface area (Å²) in [5.74, 6) is -0.387. The van der Waals surface area contributed by atoms with Crippen LogP contribution in [0.4, 0.5) is 11.4 Å². The monoisotopic (exact) mass is 194 g/mol. The molecule has 1 rings (SSSR count). The van der Waals surface area contributed by atoms with Crippen molar-refractivity contribution in [2.45, 2.75) is 6.92 Å². The highest BCUT2D eigenvalue weighted by molar-refractivity contribution is 5.98. The lowest BCUT2D eigenvalue weighted by Crippen LogP contribution is -2.09. The quantitative estimate of drug-likeness (QED) is 0.565. The molecule has 0 atom stereocenters. The van der Waals surface area contributed by atoms with Gasteiger partial charge >= 0.3 is 5.97 Å². The van der Waals surface area contributed by atoms with Crippen LogP contribution >= 0.6 is 0 Å². The van der Waals surface area contributed by atoms with Crippen LogP contribution in [0.1, 0.15) is 17.3 Å². The summed E-state index contributed by atoms with van der Waals surface area (Å²) in [6.07, 6.45) is 0. The number of benzene rings is 1. The summed E-state index contributed by atoms with van der Waals surface area (Å²) in [7, 11) is 1.75. The summed E-state index contributed by atoms with van der Waals surface area (Å²) >= 11 is 0. The number of carbonyl (C=O) groups is 1. The minimum absolute atomic E-state index is 0.349. The van der Waals surface area contributed by atoms with E-state index in [9.17, 15) is 4.79 Å². The average Bonchev–Trinajstić information content (AvgIpc) is 2.18. The Kier molecular flexibility index (Phi) is 3.34. The van der Waals surface area contributed by atoms with Gasteiger partial charge < -0.3 is 15.8 Å². The van der Waals surface area contributed by atoms with Crippen LogP contribution in [-0.4, -0.2) is 19.6 Å². The molecule has 0 aliphatic carbocycles. The summed E-state index contributed by atoms with van der Waals surface area (Å²) in [6, 6.07) is 5.21. The third-order valence-electron chi connectivity index (χ3n) is 1.87. The van der Waals surface area contributed by atoms with E-state index in [0.29, 0.717) is 17.9 Å². The zero-order valence-corrected chi connectivity index (χ0v) is 8.33. The molecule has 0 bridgehead atoms. The predicted octanol–water partition coefficient (Wildman–Crippen LogP) is 1.49. The minimum Gasteiger partial charge on any atom is -0.462 e. The largest absolute Gasteiger partial charge is 0.462 e. The molecular formula is C10H14N2O2. The van der Waals surface area contributed by atoms with Crippen molar-refractivity contribution in [2.24, 2.45) is 0 Å². The van der Waals surface area contributed by atoms with E-state index in [4.69, 9.17) is 10.5 Å². The van der Waals surface area contributed by atoms with Crippen molar-refractivity contribution in [3.63, 3.8) is 0 Å². The van der Waals surface area contributed by atoms with E-state index in [0.717, 1.165) is 5.69 Å². The molecule has 0 heterocycles. The first kappa shape index (κ1) is 10.4. The smallest absolute Gasteiger partial charge is 0.340 e. The molecule has 0 saturated heterocycles. The summed E-state index contributed by atoms with van der Waals surface area (Å²) in [6.45, 7) is 2.11. The number of anilines is 2. The van der Waals surface area contributed by atoms with E-state index in [-0.39, 0.29) is 5.97 Å². The van der Waals surface area contributed by atoms with Crippen LogP contribution in [0.2, 0.25) is 0 Å². The predicted molar refractivity (Wildman–Crippen MR) is 56.4 cm³/mol. The van der Waals surface area contributed by atoms with Crippen molar-refractivity contribution >= 4 is 17.3 Å². The van der Waals surface area contributed by atoms with Gasteiger partial charge in [-0.05, 0) is 19.1 Å². The van der Waals surface area contributed by atoms with Crippen LogP contribution in [0, 0.1) is 0 Å². The normalized spacial score (nSPS) is 9.57. The second kappa shape index (κ2) is 4.50. The van der Waals surface area contributed by atoms with Crippen molar-refractivity contribution < 1.29 is 9.53 Å². The Balaban J connectivity index is 3.03. The number of rotatable bonds is 3. The van der Waals surface area contributed by atoms with Crippen molar-refractivity contribution in [1.29, 1.82) is 0 Å². The number of ether oxygens (including phenoxy) is 1. The Morgan fingerprint density at radius 1 is 1.57 bits per heavy atom. The number of nitrogen functional groups attached to an aromatic ring is 1. The molecule has 1 aromatic rings. The van der Waals surface area contributed by atoms with Crippen LogP contribution in [0.3, 0.4) is 0 Å². The third kappa shape index (κ3) is 1.96. The van der Waals surface area contributed by atoms with E-state index in [1.54, 1.807) is 32.2 Å². The maximum absolute atomic E-state index is 11.4. The summed E-state index contributed by atoms with van der Waals surface area (Å²) < 4.78 is 4.86. The van der Waals surface area contributed by atoms with Crippen molar-refractivity contribution in [1.82, 2.24) is 0 Å². The van der Waals surface area contributed by atoms with Gasteiger partial charge in [0.2, 0.25) is 0 Å². The number of hydrogen-bond acceptors (Lipinski definition) is 4. The van der Waals surface area contributed by atoms with Gasteiger partial charge in [-0.3, -0.25) is 0 Å². The van der Waals surface area contributed by atoms with Crippen LogP contribution < -0.4 is 11.1 Å². The van der Waals surface area contributed by atoms with Gasteiger partial charge in [0, 0.05) is 7.05 Å². The molecule has 0 aromatic heterocycles. The number of nitrogens with one attached hydrogen (secondary N) is 1. The number of para-hydroxylation sites is 1.